The lowest BCUT2D eigenvalue weighted by molar-refractivity contribution is -0.145. The molecule has 0 saturated heterocycles. The second-order valence-corrected chi connectivity index (χ2v) is 5.38. The summed E-state index contributed by atoms with van der Waals surface area (Å²) in [6.45, 7) is 6.25. The average molecular weight is 302 g/mol. The number of carbonyl (C=O) groups excluding carboxylic acids is 1. The fourth-order valence-electron chi connectivity index (χ4n) is 2.53. The predicted octanol–water partition coefficient (Wildman–Crippen LogP) is 2.93. The molecule has 0 radical (unpaired) electrons. The van der Waals surface area contributed by atoms with Gasteiger partial charge in [0.05, 0.1) is 18.7 Å². The fraction of sp³-hybridized carbons (Fsp3) is 0.412. The molecule has 1 N–H and O–H groups in total. The maximum Gasteiger partial charge on any atom is 0.310 e. The van der Waals surface area contributed by atoms with Crippen LogP contribution in [0.2, 0.25) is 0 Å². The first-order valence-corrected chi connectivity index (χ1v) is 7.32. The number of benzene rings is 1. The quantitative estimate of drug-likeness (QED) is 0.831. The van der Waals surface area contributed by atoms with E-state index in [1.165, 1.54) is 7.11 Å². The molecule has 1 aromatic carbocycles. The molecule has 1 aromatic heterocycles. The Kier molecular flexibility index (Phi) is 5.33. The summed E-state index contributed by atoms with van der Waals surface area (Å²) in [5, 5.41) is 7.39. The van der Waals surface area contributed by atoms with Crippen LogP contribution in [-0.2, 0) is 16.1 Å². The molecule has 0 saturated carbocycles. The van der Waals surface area contributed by atoms with Crippen molar-refractivity contribution in [3.63, 3.8) is 0 Å². The highest BCUT2D eigenvalue weighted by Crippen LogP contribution is 2.24. The maximum absolute atomic E-state index is 11.9. The lowest BCUT2D eigenvalue weighted by Crippen LogP contribution is -2.32. The lowest BCUT2D eigenvalue weighted by atomic mass is 9.94. The fourth-order valence-corrected chi connectivity index (χ4v) is 2.53. The maximum atomic E-state index is 11.9. The van der Waals surface area contributed by atoms with Gasteiger partial charge in [0.2, 0.25) is 0 Å². The Hall–Kier alpha value is -2.14. The standard InChI is InChI=1S/C17H22N2O3/c1-11(17(20)21-4)16(14-8-6-5-7-9-14)18-10-15-12(2)19-22-13(15)3/h5-9,11,16,18H,10H2,1-4H3/t11-,16-/m0/s1. The molecule has 2 rings (SSSR count). The molecule has 118 valence electrons. The van der Waals surface area contributed by atoms with E-state index >= 15 is 0 Å². The highest BCUT2D eigenvalue weighted by Gasteiger charge is 2.26. The van der Waals surface area contributed by atoms with Crippen molar-refractivity contribution in [2.45, 2.75) is 33.4 Å². The Labute approximate surface area is 130 Å². The zero-order valence-corrected chi connectivity index (χ0v) is 13.4. The summed E-state index contributed by atoms with van der Waals surface area (Å²) >= 11 is 0. The SMILES string of the molecule is COC(=O)[C@@H](C)[C@H](NCc1c(C)noc1C)c1ccccc1. The van der Waals surface area contributed by atoms with E-state index in [2.05, 4.69) is 10.5 Å². The van der Waals surface area contributed by atoms with Crippen LogP contribution in [0, 0.1) is 19.8 Å². The minimum absolute atomic E-state index is 0.137. The molecule has 5 heteroatoms. The topological polar surface area (TPSA) is 64.4 Å². The van der Waals surface area contributed by atoms with E-state index in [0.29, 0.717) is 6.54 Å². The molecular formula is C17H22N2O3. The van der Waals surface area contributed by atoms with Crippen LogP contribution in [0.25, 0.3) is 0 Å². The summed E-state index contributed by atoms with van der Waals surface area (Å²) in [5.74, 6) is 0.260. The van der Waals surface area contributed by atoms with E-state index in [1.807, 2.05) is 51.1 Å². The van der Waals surface area contributed by atoms with E-state index in [9.17, 15) is 4.79 Å². The number of hydrogen-bond acceptors (Lipinski definition) is 5. The van der Waals surface area contributed by atoms with Crippen LogP contribution in [0.4, 0.5) is 0 Å². The molecule has 0 aliphatic heterocycles. The van der Waals surface area contributed by atoms with Crippen LogP contribution in [0.15, 0.2) is 34.9 Å². The second kappa shape index (κ2) is 7.22. The molecule has 0 unspecified atom stereocenters. The van der Waals surface area contributed by atoms with Crippen molar-refractivity contribution in [1.82, 2.24) is 10.5 Å². The first kappa shape index (κ1) is 16.2. The predicted molar refractivity (Wildman–Crippen MR) is 83.2 cm³/mol. The normalized spacial score (nSPS) is 13.6. The number of ether oxygens (including phenoxy) is 1. The summed E-state index contributed by atoms with van der Waals surface area (Å²) in [5.41, 5.74) is 2.94. The Morgan fingerprint density at radius 3 is 2.55 bits per heavy atom. The summed E-state index contributed by atoms with van der Waals surface area (Å²) in [6, 6.07) is 9.75. The summed E-state index contributed by atoms with van der Waals surface area (Å²) in [4.78, 5) is 11.9. The third-order valence-electron chi connectivity index (χ3n) is 3.91. The van der Waals surface area contributed by atoms with Gasteiger partial charge in [-0.25, -0.2) is 0 Å². The molecule has 0 amide bonds. The molecular weight excluding hydrogens is 280 g/mol. The highest BCUT2D eigenvalue weighted by molar-refractivity contribution is 5.73. The van der Waals surface area contributed by atoms with Crippen molar-refractivity contribution in [3.05, 3.63) is 52.9 Å². The van der Waals surface area contributed by atoms with Crippen LogP contribution in [0.1, 0.15) is 35.5 Å². The third-order valence-corrected chi connectivity index (χ3v) is 3.91. The monoisotopic (exact) mass is 302 g/mol. The van der Waals surface area contributed by atoms with E-state index in [0.717, 1.165) is 22.6 Å². The first-order valence-electron chi connectivity index (χ1n) is 7.32. The van der Waals surface area contributed by atoms with E-state index in [4.69, 9.17) is 9.26 Å². The largest absolute Gasteiger partial charge is 0.469 e. The number of nitrogens with zero attached hydrogens (tertiary/aromatic N) is 1. The molecule has 0 spiro atoms. The molecule has 2 aromatic rings. The Morgan fingerprint density at radius 1 is 1.32 bits per heavy atom. The van der Waals surface area contributed by atoms with Crippen LogP contribution in [0.5, 0.6) is 0 Å². The molecule has 0 aliphatic rings. The van der Waals surface area contributed by atoms with Crippen molar-refractivity contribution in [3.8, 4) is 0 Å². The van der Waals surface area contributed by atoms with Crippen LogP contribution in [0.3, 0.4) is 0 Å². The van der Waals surface area contributed by atoms with Gasteiger partial charge in [-0.2, -0.15) is 0 Å². The van der Waals surface area contributed by atoms with Gasteiger partial charge < -0.3 is 14.6 Å². The number of esters is 1. The van der Waals surface area contributed by atoms with E-state index in [-0.39, 0.29) is 17.9 Å². The summed E-state index contributed by atoms with van der Waals surface area (Å²) < 4.78 is 10.1. The van der Waals surface area contributed by atoms with Crippen molar-refractivity contribution in [1.29, 1.82) is 0 Å². The zero-order valence-electron chi connectivity index (χ0n) is 13.4. The molecule has 0 fully saturated rings. The van der Waals surface area contributed by atoms with E-state index < -0.39 is 0 Å². The van der Waals surface area contributed by atoms with Gasteiger partial charge in [0.15, 0.2) is 0 Å². The van der Waals surface area contributed by atoms with Crippen molar-refractivity contribution >= 4 is 5.97 Å². The van der Waals surface area contributed by atoms with Gasteiger partial charge in [-0.1, -0.05) is 42.4 Å². The Balaban J connectivity index is 2.20. The van der Waals surface area contributed by atoms with Gasteiger partial charge in [0, 0.05) is 18.2 Å². The van der Waals surface area contributed by atoms with Crippen LogP contribution < -0.4 is 5.32 Å². The average Bonchev–Trinajstić information content (AvgIpc) is 2.86. The van der Waals surface area contributed by atoms with Crippen LogP contribution >= 0.6 is 0 Å². The van der Waals surface area contributed by atoms with Crippen LogP contribution in [-0.4, -0.2) is 18.2 Å². The van der Waals surface area contributed by atoms with Crippen molar-refractivity contribution < 1.29 is 14.1 Å². The van der Waals surface area contributed by atoms with Crippen molar-refractivity contribution in [2.75, 3.05) is 7.11 Å². The Morgan fingerprint density at radius 2 is 2.00 bits per heavy atom. The van der Waals surface area contributed by atoms with E-state index in [1.54, 1.807) is 0 Å². The van der Waals surface area contributed by atoms with Gasteiger partial charge in [-0.05, 0) is 19.4 Å². The lowest BCUT2D eigenvalue weighted by Gasteiger charge is -2.24. The molecule has 0 aliphatic carbocycles. The molecule has 0 bridgehead atoms. The third kappa shape index (κ3) is 3.54. The zero-order chi connectivity index (χ0) is 16.1. The first-order chi connectivity index (χ1) is 10.5. The number of carbonyl (C=O) groups is 1. The number of methoxy groups -OCH3 is 1. The minimum Gasteiger partial charge on any atom is -0.469 e. The minimum atomic E-state index is -0.298. The molecule has 1 heterocycles. The molecule has 5 nitrogen and oxygen atoms in total. The molecule has 2 atom stereocenters. The number of hydrogen-bond donors (Lipinski definition) is 1. The van der Waals surface area contributed by atoms with Crippen molar-refractivity contribution in [2.24, 2.45) is 5.92 Å². The van der Waals surface area contributed by atoms with Gasteiger partial charge in [-0.3, -0.25) is 4.79 Å². The number of aryl methyl sites for hydroxylation is 2. The van der Waals surface area contributed by atoms with Gasteiger partial charge >= 0.3 is 5.97 Å². The molecule has 22 heavy (non-hydrogen) atoms. The van der Waals surface area contributed by atoms with Gasteiger partial charge in [0.1, 0.15) is 5.76 Å². The smallest absolute Gasteiger partial charge is 0.310 e. The number of rotatable bonds is 6. The summed E-state index contributed by atoms with van der Waals surface area (Å²) in [6.07, 6.45) is 0. The number of aromatic nitrogens is 1. The second-order valence-electron chi connectivity index (χ2n) is 5.38. The Bertz CT molecular complexity index is 603. The summed E-state index contributed by atoms with van der Waals surface area (Å²) in [7, 11) is 1.41. The highest BCUT2D eigenvalue weighted by atomic mass is 16.5. The number of nitrogens with one attached hydrogen (secondary N) is 1. The van der Waals surface area contributed by atoms with Gasteiger partial charge in [-0.15, -0.1) is 0 Å². The van der Waals surface area contributed by atoms with Gasteiger partial charge in [0.25, 0.3) is 0 Å².